The van der Waals surface area contributed by atoms with Gasteiger partial charge in [-0.1, -0.05) is 32.1 Å². The van der Waals surface area contributed by atoms with E-state index in [1.807, 2.05) is 4.90 Å². The van der Waals surface area contributed by atoms with Gasteiger partial charge in [0.25, 0.3) is 0 Å². The topological polar surface area (TPSA) is 52.6 Å². The first-order valence-electron chi connectivity index (χ1n) is 7.96. The zero-order chi connectivity index (χ0) is 13.5. The van der Waals surface area contributed by atoms with Crippen molar-refractivity contribution < 1.29 is 9.90 Å². The number of likely N-dealkylation sites (tertiary alicyclic amines) is 1. The monoisotopic (exact) mass is 268 g/mol. The van der Waals surface area contributed by atoms with E-state index >= 15 is 0 Å². The van der Waals surface area contributed by atoms with Crippen LogP contribution in [0.4, 0.5) is 4.79 Å². The maximum Gasteiger partial charge on any atom is 0.317 e. The Bertz CT molecular complexity index is 275. The highest BCUT2D eigenvalue weighted by Gasteiger charge is 2.24. The Labute approximate surface area is 116 Å². The van der Waals surface area contributed by atoms with Gasteiger partial charge in [-0.2, -0.15) is 0 Å². The number of aliphatic hydroxyl groups is 1. The summed E-state index contributed by atoms with van der Waals surface area (Å²) in [5.41, 5.74) is 0. The smallest absolute Gasteiger partial charge is 0.317 e. The van der Waals surface area contributed by atoms with Gasteiger partial charge in [0.1, 0.15) is 0 Å². The van der Waals surface area contributed by atoms with Crippen LogP contribution in [0.2, 0.25) is 0 Å². The Kier molecular flexibility index (Phi) is 5.95. The number of hydrogen-bond acceptors (Lipinski definition) is 2. The maximum atomic E-state index is 12.3. The number of urea groups is 1. The van der Waals surface area contributed by atoms with E-state index in [4.69, 9.17) is 0 Å². The van der Waals surface area contributed by atoms with E-state index in [2.05, 4.69) is 5.32 Å². The molecular formula is C15H28N2O2. The van der Waals surface area contributed by atoms with Crippen LogP contribution in [-0.4, -0.2) is 41.8 Å². The Morgan fingerprint density at radius 3 is 2.42 bits per heavy atom. The molecule has 2 rings (SSSR count). The van der Waals surface area contributed by atoms with Crippen LogP contribution in [0.5, 0.6) is 0 Å². The molecule has 1 atom stereocenters. The molecule has 0 bridgehead atoms. The molecule has 2 N–H and O–H groups in total. The summed E-state index contributed by atoms with van der Waals surface area (Å²) in [6.45, 7) is 1.76. The van der Waals surface area contributed by atoms with Gasteiger partial charge in [-0.05, 0) is 31.6 Å². The van der Waals surface area contributed by atoms with Gasteiger partial charge in [0.2, 0.25) is 0 Å². The van der Waals surface area contributed by atoms with Gasteiger partial charge < -0.3 is 15.3 Å². The van der Waals surface area contributed by atoms with Crippen molar-refractivity contribution in [1.82, 2.24) is 10.2 Å². The Hall–Kier alpha value is -0.770. The normalized spacial score (nSPS) is 26.6. The average Bonchev–Trinajstić information content (AvgIpc) is 2.41. The molecule has 4 heteroatoms. The second-order valence-corrected chi connectivity index (χ2v) is 6.13. The lowest BCUT2D eigenvalue weighted by atomic mass is 9.96. The first-order valence-corrected chi connectivity index (χ1v) is 7.96. The summed E-state index contributed by atoms with van der Waals surface area (Å²) < 4.78 is 0. The minimum absolute atomic E-state index is 0.0868. The Morgan fingerprint density at radius 2 is 1.74 bits per heavy atom. The summed E-state index contributed by atoms with van der Waals surface area (Å²) in [6.07, 6.45) is 10.8. The number of rotatable bonds is 2. The van der Waals surface area contributed by atoms with Crippen molar-refractivity contribution in [3.05, 3.63) is 0 Å². The highest BCUT2D eigenvalue weighted by atomic mass is 16.3. The van der Waals surface area contributed by atoms with Gasteiger partial charge in [0, 0.05) is 25.7 Å². The molecule has 1 heterocycles. The summed E-state index contributed by atoms with van der Waals surface area (Å²) in [4.78, 5) is 14.2. The van der Waals surface area contributed by atoms with Crippen LogP contribution in [0.3, 0.4) is 0 Å². The molecule has 19 heavy (non-hydrogen) atoms. The molecule has 0 aromatic heterocycles. The summed E-state index contributed by atoms with van der Waals surface area (Å²) in [5.74, 6) is 0.275. The number of nitrogens with one attached hydrogen (secondary N) is 1. The van der Waals surface area contributed by atoms with Crippen molar-refractivity contribution in [2.24, 2.45) is 5.92 Å². The molecular weight excluding hydrogens is 240 g/mol. The molecule has 0 unspecified atom stereocenters. The standard InChI is InChI=1S/C15H28N2O2/c18-12-13-7-6-10-17(11-13)15(19)16-14-8-4-2-1-3-5-9-14/h13-14,18H,1-12H2,(H,16,19)/t13-/m0/s1. The number of amides is 2. The second kappa shape index (κ2) is 7.73. The average molecular weight is 268 g/mol. The first-order chi connectivity index (χ1) is 9.29. The molecule has 2 aliphatic rings. The highest BCUT2D eigenvalue weighted by molar-refractivity contribution is 5.74. The lowest BCUT2D eigenvalue weighted by molar-refractivity contribution is 0.127. The van der Waals surface area contributed by atoms with Crippen LogP contribution in [0.25, 0.3) is 0 Å². The molecule has 1 aliphatic heterocycles. The lowest BCUT2D eigenvalue weighted by Gasteiger charge is -2.33. The molecule has 0 radical (unpaired) electrons. The van der Waals surface area contributed by atoms with E-state index in [-0.39, 0.29) is 18.6 Å². The predicted molar refractivity (Wildman–Crippen MR) is 76.0 cm³/mol. The van der Waals surface area contributed by atoms with Crippen molar-refractivity contribution in [1.29, 1.82) is 0 Å². The minimum atomic E-state index is 0.0868. The summed E-state index contributed by atoms with van der Waals surface area (Å²) in [5, 5.41) is 12.4. The fourth-order valence-electron chi connectivity index (χ4n) is 3.26. The molecule has 2 amide bonds. The van der Waals surface area contributed by atoms with Crippen molar-refractivity contribution in [2.45, 2.75) is 63.8 Å². The molecule has 2 fully saturated rings. The molecule has 110 valence electrons. The predicted octanol–water partition coefficient (Wildman–Crippen LogP) is 2.51. The van der Waals surface area contributed by atoms with Crippen LogP contribution in [0.15, 0.2) is 0 Å². The molecule has 1 aliphatic carbocycles. The van der Waals surface area contributed by atoms with Crippen LogP contribution >= 0.6 is 0 Å². The quantitative estimate of drug-likeness (QED) is 0.808. The Balaban J connectivity index is 1.78. The second-order valence-electron chi connectivity index (χ2n) is 6.13. The van der Waals surface area contributed by atoms with Gasteiger partial charge in [-0.25, -0.2) is 4.79 Å². The maximum absolute atomic E-state index is 12.3. The largest absolute Gasteiger partial charge is 0.396 e. The van der Waals surface area contributed by atoms with E-state index in [9.17, 15) is 9.90 Å². The zero-order valence-electron chi connectivity index (χ0n) is 11.9. The van der Waals surface area contributed by atoms with Crippen molar-refractivity contribution in [3.8, 4) is 0 Å². The number of carbonyl (C=O) groups is 1. The van der Waals surface area contributed by atoms with Crippen molar-refractivity contribution >= 4 is 6.03 Å². The fourth-order valence-corrected chi connectivity index (χ4v) is 3.26. The van der Waals surface area contributed by atoms with Gasteiger partial charge in [0.05, 0.1) is 0 Å². The van der Waals surface area contributed by atoms with E-state index in [0.29, 0.717) is 6.04 Å². The van der Waals surface area contributed by atoms with Gasteiger partial charge in [-0.15, -0.1) is 0 Å². The Morgan fingerprint density at radius 1 is 1.05 bits per heavy atom. The third-order valence-corrected chi connectivity index (χ3v) is 4.50. The molecule has 1 saturated heterocycles. The number of aliphatic hydroxyl groups excluding tert-OH is 1. The van der Waals surface area contributed by atoms with Crippen LogP contribution in [0.1, 0.15) is 57.8 Å². The summed E-state index contributed by atoms with van der Waals surface area (Å²) >= 11 is 0. The minimum Gasteiger partial charge on any atom is -0.396 e. The molecule has 0 aromatic carbocycles. The number of carbonyl (C=O) groups excluding carboxylic acids is 1. The van der Waals surface area contributed by atoms with E-state index in [0.717, 1.165) is 38.8 Å². The lowest BCUT2D eigenvalue weighted by Crippen LogP contribution is -2.49. The van der Waals surface area contributed by atoms with E-state index < -0.39 is 0 Å². The third-order valence-electron chi connectivity index (χ3n) is 4.50. The van der Waals surface area contributed by atoms with Crippen LogP contribution in [-0.2, 0) is 0 Å². The van der Waals surface area contributed by atoms with Crippen LogP contribution in [0, 0.1) is 5.92 Å². The third kappa shape index (κ3) is 4.68. The first kappa shape index (κ1) is 14.6. The van der Waals surface area contributed by atoms with E-state index in [1.165, 1.54) is 32.1 Å². The number of nitrogens with zero attached hydrogens (tertiary/aromatic N) is 1. The van der Waals surface area contributed by atoms with Gasteiger partial charge in [0.15, 0.2) is 0 Å². The molecule has 0 spiro atoms. The molecule has 4 nitrogen and oxygen atoms in total. The van der Waals surface area contributed by atoms with E-state index in [1.54, 1.807) is 0 Å². The fraction of sp³-hybridized carbons (Fsp3) is 0.933. The van der Waals surface area contributed by atoms with Crippen molar-refractivity contribution in [3.63, 3.8) is 0 Å². The summed E-state index contributed by atoms with van der Waals surface area (Å²) in [6, 6.07) is 0.450. The number of piperidine rings is 1. The molecule has 1 saturated carbocycles. The molecule has 0 aromatic rings. The number of hydrogen-bond donors (Lipinski definition) is 2. The zero-order valence-corrected chi connectivity index (χ0v) is 11.9. The SMILES string of the molecule is O=C(NC1CCCCCCC1)N1CCC[C@H](CO)C1. The van der Waals surface area contributed by atoms with Gasteiger partial charge in [-0.3, -0.25) is 0 Å². The highest BCUT2D eigenvalue weighted by Crippen LogP contribution is 2.19. The summed E-state index contributed by atoms with van der Waals surface area (Å²) in [7, 11) is 0. The van der Waals surface area contributed by atoms with Crippen molar-refractivity contribution in [2.75, 3.05) is 19.7 Å². The van der Waals surface area contributed by atoms with Gasteiger partial charge >= 0.3 is 6.03 Å². The van der Waals surface area contributed by atoms with Crippen LogP contribution < -0.4 is 5.32 Å².